The molecule has 1 aromatic heterocycles. The number of carbonyl (C=O) groups is 1. The Hall–Kier alpha value is -3.20. The van der Waals surface area contributed by atoms with Crippen molar-refractivity contribution in [2.24, 2.45) is 7.05 Å². The normalized spacial score (nSPS) is 10.6. The van der Waals surface area contributed by atoms with Crippen LogP contribution in [0.2, 0.25) is 0 Å². The summed E-state index contributed by atoms with van der Waals surface area (Å²) in [4.78, 5) is 22.4. The van der Waals surface area contributed by atoms with Crippen molar-refractivity contribution < 1.29 is 9.72 Å². The van der Waals surface area contributed by atoms with E-state index in [1.807, 2.05) is 42.8 Å². The molecule has 3 rings (SSSR count). The molecule has 0 spiro atoms. The first kappa shape index (κ1) is 18.6. The van der Waals surface area contributed by atoms with Gasteiger partial charge in [-0.15, -0.1) is 10.2 Å². The van der Waals surface area contributed by atoms with E-state index in [2.05, 4.69) is 15.5 Å². The number of benzene rings is 2. The fraction of sp³-hybridized carbons (Fsp3) is 0.167. The molecule has 0 unspecified atom stereocenters. The number of hydrogen-bond acceptors (Lipinski definition) is 6. The van der Waals surface area contributed by atoms with Gasteiger partial charge in [0.05, 0.1) is 10.7 Å². The molecule has 138 valence electrons. The zero-order chi connectivity index (χ0) is 19.4. The molecule has 1 heterocycles. The number of thioether (sulfide) groups is 1. The zero-order valence-electron chi connectivity index (χ0n) is 14.7. The summed E-state index contributed by atoms with van der Waals surface area (Å²) < 4.78 is 1.83. The highest BCUT2D eigenvalue weighted by Gasteiger charge is 2.14. The van der Waals surface area contributed by atoms with E-state index in [0.717, 1.165) is 17.0 Å². The summed E-state index contributed by atoms with van der Waals surface area (Å²) in [6.45, 7) is 2.02. The minimum Gasteiger partial charge on any atom is -0.325 e. The molecule has 1 amide bonds. The van der Waals surface area contributed by atoms with Crippen LogP contribution in [0.25, 0.3) is 11.4 Å². The number of anilines is 1. The topological polar surface area (TPSA) is 103 Å². The highest BCUT2D eigenvalue weighted by atomic mass is 32.2. The van der Waals surface area contributed by atoms with Crippen molar-refractivity contribution in [3.05, 3.63) is 64.2 Å². The molecule has 3 aromatic rings. The molecule has 0 aliphatic carbocycles. The Morgan fingerprint density at radius 2 is 1.96 bits per heavy atom. The molecular weight excluding hydrogens is 366 g/mol. The minimum absolute atomic E-state index is 0.0727. The van der Waals surface area contributed by atoms with Crippen LogP contribution in [0.5, 0.6) is 0 Å². The van der Waals surface area contributed by atoms with Gasteiger partial charge in [-0.2, -0.15) is 0 Å². The van der Waals surface area contributed by atoms with Gasteiger partial charge < -0.3 is 9.88 Å². The van der Waals surface area contributed by atoms with Crippen molar-refractivity contribution >= 4 is 29.0 Å². The molecule has 0 saturated heterocycles. The number of nitrogens with zero attached hydrogens (tertiary/aromatic N) is 4. The summed E-state index contributed by atoms with van der Waals surface area (Å²) in [6.07, 6.45) is 0. The standard InChI is InChI=1S/C18H17N5O3S/c1-12-6-8-13(9-7-12)17-20-21-18(22(17)2)27-11-16(24)19-14-4-3-5-15(10-14)23(25)26/h3-10H,11H2,1-2H3,(H,19,24). The van der Waals surface area contributed by atoms with E-state index in [0.29, 0.717) is 10.8 Å². The number of nitro groups is 1. The molecule has 2 aromatic carbocycles. The Morgan fingerprint density at radius 3 is 2.67 bits per heavy atom. The highest BCUT2D eigenvalue weighted by molar-refractivity contribution is 7.99. The molecule has 0 saturated carbocycles. The van der Waals surface area contributed by atoms with Crippen LogP contribution in [-0.4, -0.2) is 31.3 Å². The van der Waals surface area contributed by atoms with E-state index in [1.54, 1.807) is 6.07 Å². The molecule has 0 radical (unpaired) electrons. The van der Waals surface area contributed by atoms with E-state index in [1.165, 1.54) is 30.0 Å². The first-order valence-electron chi connectivity index (χ1n) is 8.07. The Balaban J connectivity index is 1.63. The smallest absolute Gasteiger partial charge is 0.271 e. The SMILES string of the molecule is Cc1ccc(-c2nnc(SCC(=O)Nc3cccc([N+](=O)[O-])c3)n2C)cc1. The summed E-state index contributed by atoms with van der Waals surface area (Å²) in [6, 6.07) is 13.8. The lowest BCUT2D eigenvalue weighted by Gasteiger charge is -2.06. The Labute approximate surface area is 159 Å². The third-order valence-corrected chi connectivity index (χ3v) is 4.84. The number of hydrogen-bond donors (Lipinski definition) is 1. The number of nitrogens with one attached hydrogen (secondary N) is 1. The molecule has 0 fully saturated rings. The number of nitro benzene ring substituents is 1. The maximum atomic E-state index is 12.1. The van der Waals surface area contributed by atoms with Crippen LogP contribution in [0.1, 0.15) is 5.56 Å². The number of non-ortho nitro benzene ring substituents is 1. The van der Waals surface area contributed by atoms with Crippen LogP contribution in [-0.2, 0) is 11.8 Å². The fourth-order valence-electron chi connectivity index (χ4n) is 2.42. The first-order chi connectivity index (χ1) is 12.9. The van der Waals surface area contributed by atoms with Gasteiger partial charge in [0, 0.05) is 30.4 Å². The van der Waals surface area contributed by atoms with Gasteiger partial charge in [-0.1, -0.05) is 47.7 Å². The van der Waals surface area contributed by atoms with E-state index in [4.69, 9.17) is 0 Å². The summed E-state index contributed by atoms with van der Waals surface area (Å²) >= 11 is 1.25. The molecule has 0 aliphatic rings. The maximum Gasteiger partial charge on any atom is 0.271 e. The van der Waals surface area contributed by atoms with Crippen LogP contribution >= 0.6 is 11.8 Å². The summed E-state index contributed by atoms with van der Waals surface area (Å²) in [7, 11) is 1.84. The average Bonchev–Trinajstić information content (AvgIpc) is 3.01. The molecule has 0 aliphatic heterocycles. The molecule has 0 bridgehead atoms. The number of carbonyl (C=O) groups excluding carboxylic acids is 1. The number of aromatic nitrogens is 3. The zero-order valence-corrected chi connectivity index (χ0v) is 15.6. The monoisotopic (exact) mass is 383 g/mol. The van der Waals surface area contributed by atoms with Gasteiger partial charge in [-0.3, -0.25) is 14.9 Å². The largest absolute Gasteiger partial charge is 0.325 e. The molecule has 1 N–H and O–H groups in total. The third kappa shape index (κ3) is 4.50. The second-order valence-corrected chi connectivity index (χ2v) is 6.82. The quantitative estimate of drug-likeness (QED) is 0.397. The van der Waals surface area contributed by atoms with Crippen LogP contribution < -0.4 is 5.32 Å². The molecule has 0 atom stereocenters. The van der Waals surface area contributed by atoms with E-state index in [9.17, 15) is 14.9 Å². The highest BCUT2D eigenvalue weighted by Crippen LogP contribution is 2.23. The van der Waals surface area contributed by atoms with Crippen molar-refractivity contribution in [2.75, 3.05) is 11.1 Å². The summed E-state index contributed by atoms with van der Waals surface area (Å²) in [5.41, 5.74) is 2.42. The Kier molecular flexibility index (Phi) is 5.51. The lowest BCUT2D eigenvalue weighted by atomic mass is 10.1. The van der Waals surface area contributed by atoms with Crippen LogP contribution in [0.3, 0.4) is 0 Å². The van der Waals surface area contributed by atoms with E-state index < -0.39 is 4.92 Å². The number of rotatable bonds is 6. The first-order valence-corrected chi connectivity index (χ1v) is 9.06. The molecule has 27 heavy (non-hydrogen) atoms. The van der Waals surface area contributed by atoms with E-state index >= 15 is 0 Å². The molecule has 8 nitrogen and oxygen atoms in total. The van der Waals surface area contributed by atoms with Crippen LogP contribution in [0.15, 0.2) is 53.7 Å². The second kappa shape index (κ2) is 8.00. The second-order valence-electron chi connectivity index (χ2n) is 5.88. The van der Waals surface area contributed by atoms with E-state index in [-0.39, 0.29) is 17.3 Å². The van der Waals surface area contributed by atoms with Crippen LogP contribution in [0, 0.1) is 17.0 Å². The van der Waals surface area contributed by atoms with Gasteiger partial charge in [-0.25, -0.2) is 0 Å². The van der Waals surface area contributed by atoms with Gasteiger partial charge >= 0.3 is 0 Å². The fourth-order valence-corrected chi connectivity index (χ4v) is 3.13. The van der Waals surface area contributed by atoms with Crippen molar-refractivity contribution in [3.63, 3.8) is 0 Å². The van der Waals surface area contributed by atoms with Crippen molar-refractivity contribution in [1.82, 2.24) is 14.8 Å². The minimum atomic E-state index is -0.503. The Bertz CT molecular complexity index is 985. The number of aryl methyl sites for hydroxylation is 1. The predicted octanol–water partition coefficient (Wildman–Crippen LogP) is 3.43. The lowest BCUT2D eigenvalue weighted by molar-refractivity contribution is -0.384. The average molecular weight is 383 g/mol. The Morgan fingerprint density at radius 1 is 1.22 bits per heavy atom. The molecular formula is C18H17N5O3S. The van der Waals surface area contributed by atoms with Crippen molar-refractivity contribution in [1.29, 1.82) is 0 Å². The van der Waals surface area contributed by atoms with Crippen molar-refractivity contribution in [2.45, 2.75) is 12.1 Å². The van der Waals surface area contributed by atoms with Crippen molar-refractivity contribution in [3.8, 4) is 11.4 Å². The maximum absolute atomic E-state index is 12.1. The van der Waals surface area contributed by atoms with Gasteiger partial charge in [0.15, 0.2) is 11.0 Å². The summed E-state index contributed by atoms with van der Waals surface area (Å²) in [5, 5.41) is 22.4. The number of amides is 1. The predicted molar refractivity (Wildman–Crippen MR) is 104 cm³/mol. The summed E-state index contributed by atoms with van der Waals surface area (Å²) in [5.74, 6) is 0.555. The third-order valence-electron chi connectivity index (χ3n) is 3.82. The van der Waals surface area contributed by atoms with Gasteiger partial charge in [0.2, 0.25) is 5.91 Å². The van der Waals surface area contributed by atoms with Gasteiger partial charge in [-0.05, 0) is 13.0 Å². The lowest BCUT2D eigenvalue weighted by Crippen LogP contribution is -2.14. The van der Waals surface area contributed by atoms with Gasteiger partial charge in [0.25, 0.3) is 5.69 Å². The molecule has 9 heteroatoms. The van der Waals surface area contributed by atoms with Gasteiger partial charge in [0.1, 0.15) is 0 Å². The van der Waals surface area contributed by atoms with Crippen LogP contribution in [0.4, 0.5) is 11.4 Å².